The summed E-state index contributed by atoms with van der Waals surface area (Å²) in [5.41, 5.74) is 0.825. The van der Waals surface area contributed by atoms with Crippen LogP contribution in [0.2, 0.25) is 0 Å². The Morgan fingerprint density at radius 3 is 2.67 bits per heavy atom. The minimum atomic E-state index is -0.181. The molecule has 2 N–H and O–H groups in total. The van der Waals surface area contributed by atoms with E-state index in [2.05, 4.69) is 10.6 Å². The zero-order chi connectivity index (χ0) is 12.4. The Hall–Kier alpha value is -2.07. The van der Waals surface area contributed by atoms with Gasteiger partial charge in [-0.2, -0.15) is 0 Å². The molecule has 0 atom stereocenters. The van der Waals surface area contributed by atoms with Crippen LogP contribution in [-0.4, -0.2) is 25.3 Å². The highest BCUT2D eigenvalue weighted by Crippen LogP contribution is 2.22. The quantitative estimate of drug-likeness (QED) is 0.849. The summed E-state index contributed by atoms with van der Waals surface area (Å²) in [5, 5.41) is 7.89. The number of ether oxygens (including phenoxy) is 1. The average molecular weight is 242 g/mol. The minimum Gasteiger partial charge on any atom is -0.377 e. The van der Waals surface area contributed by atoms with Gasteiger partial charge in [0.1, 0.15) is 0 Å². The summed E-state index contributed by atoms with van der Waals surface area (Å²) in [6.45, 7) is 1.20. The molecule has 0 spiro atoms. The van der Waals surface area contributed by atoms with Crippen LogP contribution in [-0.2, 0) is 4.74 Å². The molecule has 0 bridgehead atoms. The molecule has 0 aromatic heterocycles. The highest BCUT2D eigenvalue weighted by molar-refractivity contribution is 6.01. The van der Waals surface area contributed by atoms with E-state index < -0.39 is 0 Å². The maximum absolute atomic E-state index is 11.8. The maximum Gasteiger partial charge on any atom is 0.319 e. The fourth-order valence-electron chi connectivity index (χ4n) is 2.00. The van der Waals surface area contributed by atoms with Crippen molar-refractivity contribution in [1.29, 1.82) is 0 Å². The van der Waals surface area contributed by atoms with Gasteiger partial charge in [0, 0.05) is 5.39 Å². The molecule has 1 aliphatic heterocycles. The van der Waals surface area contributed by atoms with E-state index in [1.165, 1.54) is 0 Å². The van der Waals surface area contributed by atoms with Crippen LogP contribution >= 0.6 is 0 Å². The first kappa shape index (κ1) is 11.0. The van der Waals surface area contributed by atoms with Crippen LogP contribution in [0, 0.1) is 0 Å². The van der Waals surface area contributed by atoms with Crippen molar-refractivity contribution in [2.24, 2.45) is 0 Å². The predicted molar refractivity (Wildman–Crippen MR) is 70.7 cm³/mol. The Morgan fingerprint density at radius 1 is 1.11 bits per heavy atom. The monoisotopic (exact) mass is 242 g/mol. The lowest BCUT2D eigenvalue weighted by molar-refractivity contribution is 0.000736. The number of anilines is 1. The number of benzene rings is 2. The molecular formula is C14H14N2O2. The van der Waals surface area contributed by atoms with Crippen molar-refractivity contribution < 1.29 is 9.53 Å². The summed E-state index contributed by atoms with van der Waals surface area (Å²) in [6.07, 6.45) is 0. The van der Waals surface area contributed by atoms with Gasteiger partial charge >= 0.3 is 6.03 Å². The zero-order valence-electron chi connectivity index (χ0n) is 9.85. The van der Waals surface area contributed by atoms with Crippen molar-refractivity contribution in [1.82, 2.24) is 5.32 Å². The highest BCUT2D eigenvalue weighted by atomic mass is 16.5. The lowest BCUT2D eigenvalue weighted by Crippen LogP contribution is -2.49. The molecule has 18 heavy (non-hydrogen) atoms. The van der Waals surface area contributed by atoms with Crippen LogP contribution in [0.5, 0.6) is 0 Å². The number of fused-ring (bicyclic) bond motifs is 1. The predicted octanol–water partition coefficient (Wildman–Crippen LogP) is 2.36. The van der Waals surface area contributed by atoms with E-state index in [1.54, 1.807) is 0 Å². The van der Waals surface area contributed by atoms with Crippen molar-refractivity contribution in [3.63, 3.8) is 0 Å². The second-order valence-electron chi connectivity index (χ2n) is 4.36. The van der Waals surface area contributed by atoms with Crippen LogP contribution in [0.4, 0.5) is 10.5 Å². The molecule has 1 saturated heterocycles. The molecule has 4 heteroatoms. The number of amides is 2. The molecule has 2 aromatic rings. The molecule has 3 rings (SSSR count). The van der Waals surface area contributed by atoms with E-state index >= 15 is 0 Å². The average Bonchev–Trinajstić information content (AvgIpc) is 2.34. The number of hydrogen-bond donors (Lipinski definition) is 2. The van der Waals surface area contributed by atoms with Crippen molar-refractivity contribution in [3.05, 3.63) is 42.5 Å². The molecule has 0 unspecified atom stereocenters. The van der Waals surface area contributed by atoms with E-state index in [0.717, 1.165) is 16.5 Å². The minimum absolute atomic E-state index is 0.139. The Bertz CT molecular complexity index is 574. The van der Waals surface area contributed by atoms with Crippen LogP contribution < -0.4 is 10.6 Å². The number of carbonyl (C=O) groups is 1. The number of urea groups is 1. The number of hydrogen-bond acceptors (Lipinski definition) is 2. The smallest absolute Gasteiger partial charge is 0.319 e. The fourth-order valence-corrected chi connectivity index (χ4v) is 2.00. The second-order valence-corrected chi connectivity index (χ2v) is 4.36. The van der Waals surface area contributed by atoms with E-state index in [1.807, 2.05) is 42.5 Å². The fraction of sp³-hybridized carbons (Fsp3) is 0.214. The van der Waals surface area contributed by atoms with Gasteiger partial charge in [-0.3, -0.25) is 0 Å². The normalized spacial score (nSPS) is 15.1. The maximum atomic E-state index is 11.8. The first-order chi connectivity index (χ1) is 8.83. The summed E-state index contributed by atoms with van der Waals surface area (Å²) >= 11 is 0. The van der Waals surface area contributed by atoms with Gasteiger partial charge in [0.2, 0.25) is 0 Å². The molecule has 1 heterocycles. The molecule has 92 valence electrons. The Kier molecular flexibility index (Phi) is 2.86. The summed E-state index contributed by atoms with van der Waals surface area (Å²) in [6, 6.07) is 13.8. The van der Waals surface area contributed by atoms with Gasteiger partial charge in [-0.1, -0.05) is 36.4 Å². The lowest BCUT2D eigenvalue weighted by atomic mass is 10.1. The van der Waals surface area contributed by atoms with Gasteiger partial charge in [-0.15, -0.1) is 0 Å². The van der Waals surface area contributed by atoms with E-state index in [-0.39, 0.29) is 12.1 Å². The molecule has 0 saturated carbocycles. The van der Waals surface area contributed by atoms with Crippen LogP contribution in [0.15, 0.2) is 42.5 Å². The van der Waals surface area contributed by atoms with Crippen LogP contribution in [0.3, 0.4) is 0 Å². The van der Waals surface area contributed by atoms with Gasteiger partial charge in [0.25, 0.3) is 0 Å². The molecular weight excluding hydrogens is 228 g/mol. The molecule has 2 amide bonds. The summed E-state index contributed by atoms with van der Waals surface area (Å²) in [5.74, 6) is 0. The van der Waals surface area contributed by atoms with Crippen molar-refractivity contribution >= 4 is 22.5 Å². The Balaban J connectivity index is 1.79. The number of rotatable bonds is 2. The third-order valence-electron chi connectivity index (χ3n) is 3.01. The molecule has 1 aliphatic rings. The van der Waals surface area contributed by atoms with Crippen LogP contribution in [0.25, 0.3) is 10.8 Å². The van der Waals surface area contributed by atoms with E-state index in [4.69, 9.17) is 4.74 Å². The topological polar surface area (TPSA) is 50.4 Å². The first-order valence-corrected chi connectivity index (χ1v) is 5.96. The SMILES string of the molecule is O=C(Nc1cccc2ccccc12)NC1COC1. The van der Waals surface area contributed by atoms with Crippen molar-refractivity contribution in [3.8, 4) is 0 Å². The third-order valence-corrected chi connectivity index (χ3v) is 3.01. The number of carbonyl (C=O) groups excluding carboxylic acids is 1. The van der Waals surface area contributed by atoms with Gasteiger partial charge in [-0.05, 0) is 11.5 Å². The summed E-state index contributed by atoms with van der Waals surface area (Å²) in [4.78, 5) is 11.8. The molecule has 0 radical (unpaired) electrons. The number of nitrogens with one attached hydrogen (secondary N) is 2. The first-order valence-electron chi connectivity index (χ1n) is 5.96. The second kappa shape index (κ2) is 4.66. The summed E-state index contributed by atoms with van der Waals surface area (Å²) in [7, 11) is 0. The van der Waals surface area contributed by atoms with Crippen molar-refractivity contribution in [2.45, 2.75) is 6.04 Å². The molecule has 1 fully saturated rings. The summed E-state index contributed by atoms with van der Waals surface area (Å²) < 4.78 is 5.01. The molecule has 0 aliphatic carbocycles. The van der Waals surface area contributed by atoms with Gasteiger partial charge < -0.3 is 15.4 Å². The Labute approximate surface area is 105 Å². The van der Waals surface area contributed by atoms with Crippen LogP contribution in [0.1, 0.15) is 0 Å². The zero-order valence-corrected chi connectivity index (χ0v) is 9.85. The molecule has 4 nitrogen and oxygen atoms in total. The van der Waals surface area contributed by atoms with E-state index in [9.17, 15) is 4.79 Å². The van der Waals surface area contributed by atoms with E-state index in [0.29, 0.717) is 13.2 Å². The Morgan fingerprint density at radius 2 is 1.89 bits per heavy atom. The molecule has 2 aromatic carbocycles. The van der Waals surface area contributed by atoms with Gasteiger partial charge in [0.15, 0.2) is 0 Å². The highest BCUT2D eigenvalue weighted by Gasteiger charge is 2.20. The third kappa shape index (κ3) is 2.15. The van der Waals surface area contributed by atoms with Gasteiger partial charge in [0.05, 0.1) is 24.9 Å². The van der Waals surface area contributed by atoms with Gasteiger partial charge in [-0.25, -0.2) is 4.79 Å². The lowest BCUT2D eigenvalue weighted by Gasteiger charge is -2.26. The standard InChI is InChI=1S/C14H14N2O2/c17-14(15-11-8-18-9-11)16-13-7-3-5-10-4-1-2-6-12(10)13/h1-7,11H,8-9H2,(H2,15,16,17). The van der Waals surface area contributed by atoms with Crippen molar-refractivity contribution in [2.75, 3.05) is 18.5 Å². The largest absolute Gasteiger partial charge is 0.377 e.